The lowest BCUT2D eigenvalue weighted by atomic mass is 10.1. The second-order valence-corrected chi connectivity index (χ2v) is 5.75. The summed E-state index contributed by atoms with van der Waals surface area (Å²) in [7, 11) is 0. The van der Waals surface area contributed by atoms with Crippen molar-refractivity contribution in [1.82, 2.24) is 5.32 Å². The molecule has 2 aromatic carbocycles. The van der Waals surface area contributed by atoms with Gasteiger partial charge in [-0.25, -0.2) is 0 Å². The number of para-hydroxylation sites is 1. The molecule has 1 amide bonds. The Morgan fingerprint density at radius 1 is 1.22 bits per heavy atom. The minimum Gasteiger partial charge on any atom is -0.489 e. The van der Waals surface area contributed by atoms with Gasteiger partial charge in [0.2, 0.25) is 5.91 Å². The second kappa shape index (κ2) is 8.22. The number of carbonyl (C=O) groups excluding carboxylic acids is 1. The van der Waals surface area contributed by atoms with Gasteiger partial charge in [-0.2, -0.15) is 0 Å². The second-order valence-electron chi connectivity index (χ2n) is 5.75. The Kier molecular flexibility index (Phi) is 6.03. The van der Waals surface area contributed by atoms with Crippen molar-refractivity contribution < 1.29 is 9.53 Å². The Bertz CT molecular complexity index is 655. The molecule has 0 radical (unpaired) electrons. The molecule has 122 valence electrons. The van der Waals surface area contributed by atoms with Crippen LogP contribution >= 0.6 is 0 Å². The lowest BCUT2D eigenvalue weighted by Gasteiger charge is -2.16. The quantitative estimate of drug-likeness (QED) is 0.772. The molecule has 2 aromatic rings. The van der Waals surface area contributed by atoms with E-state index in [1.165, 1.54) is 0 Å². The van der Waals surface area contributed by atoms with Crippen molar-refractivity contribution in [3.8, 4) is 5.75 Å². The SMILES string of the molecule is Cc1cccc(OC(C)CNC(=O)CCc2ccccc2N)c1. The van der Waals surface area contributed by atoms with Crippen molar-refractivity contribution in [3.63, 3.8) is 0 Å². The monoisotopic (exact) mass is 312 g/mol. The van der Waals surface area contributed by atoms with E-state index in [1.807, 2.05) is 62.4 Å². The van der Waals surface area contributed by atoms with E-state index in [4.69, 9.17) is 10.5 Å². The van der Waals surface area contributed by atoms with Crippen LogP contribution < -0.4 is 15.8 Å². The Morgan fingerprint density at radius 3 is 2.74 bits per heavy atom. The van der Waals surface area contributed by atoms with Crippen molar-refractivity contribution in [3.05, 3.63) is 59.7 Å². The standard InChI is InChI=1S/C19H24N2O2/c1-14-6-5-8-17(12-14)23-15(2)13-21-19(22)11-10-16-7-3-4-9-18(16)20/h3-9,12,15H,10-11,13,20H2,1-2H3,(H,21,22). The molecule has 0 aliphatic heterocycles. The number of carbonyl (C=O) groups is 1. The maximum absolute atomic E-state index is 11.9. The topological polar surface area (TPSA) is 64.3 Å². The normalized spacial score (nSPS) is 11.7. The molecule has 0 spiro atoms. The number of nitrogens with one attached hydrogen (secondary N) is 1. The van der Waals surface area contributed by atoms with E-state index in [2.05, 4.69) is 5.32 Å². The fourth-order valence-electron chi connectivity index (χ4n) is 2.32. The molecule has 0 bridgehead atoms. The third-order valence-corrected chi connectivity index (χ3v) is 3.59. The Morgan fingerprint density at radius 2 is 2.00 bits per heavy atom. The van der Waals surface area contributed by atoms with E-state index in [1.54, 1.807) is 0 Å². The van der Waals surface area contributed by atoms with E-state index in [0.717, 1.165) is 22.6 Å². The lowest BCUT2D eigenvalue weighted by Crippen LogP contribution is -2.33. The summed E-state index contributed by atoms with van der Waals surface area (Å²) in [4.78, 5) is 11.9. The average molecular weight is 312 g/mol. The van der Waals surface area contributed by atoms with E-state index < -0.39 is 0 Å². The summed E-state index contributed by atoms with van der Waals surface area (Å²) in [5.41, 5.74) is 8.77. The van der Waals surface area contributed by atoms with Crippen LogP contribution in [-0.4, -0.2) is 18.6 Å². The van der Waals surface area contributed by atoms with Crippen molar-refractivity contribution in [1.29, 1.82) is 0 Å². The maximum atomic E-state index is 11.9. The Balaban J connectivity index is 1.72. The fraction of sp³-hybridized carbons (Fsp3) is 0.316. The first-order valence-electron chi connectivity index (χ1n) is 7.88. The van der Waals surface area contributed by atoms with Gasteiger partial charge in [0.15, 0.2) is 0 Å². The molecule has 0 aliphatic carbocycles. The zero-order chi connectivity index (χ0) is 16.7. The first kappa shape index (κ1) is 16.9. The molecule has 0 aromatic heterocycles. The summed E-state index contributed by atoms with van der Waals surface area (Å²) in [6.45, 7) is 4.45. The number of anilines is 1. The summed E-state index contributed by atoms with van der Waals surface area (Å²) < 4.78 is 5.79. The van der Waals surface area contributed by atoms with Crippen LogP contribution in [0.1, 0.15) is 24.5 Å². The van der Waals surface area contributed by atoms with Gasteiger partial charge in [-0.3, -0.25) is 4.79 Å². The highest BCUT2D eigenvalue weighted by Gasteiger charge is 2.08. The lowest BCUT2D eigenvalue weighted by molar-refractivity contribution is -0.121. The number of benzene rings is 2. The molecule has 0 fully saturated rings. The molecule has 0 saturated heterocycles. The first-order valence-corrected chi connectivity index (χ1v) is 7.88. The molecular weight excluding hydrogens is 288 g/mol. The minimum atomic E-state index is -0.0810. The van der Waals surface area contributed by atoms with Gasteiger partial charge in [-0.05, 0) is 49.6 Å². The number of amides is 1. The van der Waals surface area contributed by atoms with Crippen LogP contribution in [0.2, 0.25) is 0 Å². The summed E-state index contributed by atoms with van der Waals surface area (Å²) in [5, 5.41) is 2.90. The van der Waals surface area contributed by atoms with Gasteiger partial charge in [0.25, 0.3) is 0 Å². The van der Waals surface area contributed by atoms with Crippen molar-refractivity contribution >= 4 is 11.6 Å². The van der Waals surface area contributed by atoms with E-state index in [9.17, 15) is 4.79 Å². The van der Waals surface area contributed by atoms with Crippen molar-refractivity contribution in [2.24, 2.45) is 0 Å². The largest absolute Gasteiger partial charge is 0.489 e. The fourth-order valence-corrected chi connectivity index (χ4v) is 2.32. The maximum Gasteiger partial charge on any atom is 0.220 e. The van der Waals surface area contributed by atoms with Gasteiger partial charge in [-0.1, -0.05) is 30.3 Å². The summed E-state index contributed by atoms with van der Waals surface area (Å²) in [5.74, 6) is 0.830. The molecule has 0 heterocycles. The highest BCUT2D eigenvalue weighted by molar-refractivity contribution is 5.76. The zero-order valence-corrected chi connectivity index (χ0v) is 13.7. The number of rotatable bonds is 7. The summed E-state index contributed by atoms with van der Waals surface area (Å²) in [6, 6.07) is 15.5. The highest BCUT2D eigenvalue weighted by atomic mass is 16.5. The van der Waals surface area contributed by atoms with Gasteiger partial charge in [0, 0.05) is 12.1 Å². The van der Waals surface area contributed by atoms with Gasteiger partial charge < -0.3 is 15.8 Å². The highest BCUT2D eigenvalue weighted by Crippen LogP contribution is 2.14. The van der Waals surface area contributed by atoms with Crippen molar-refractivity contribution in [2.45, 2.75) is 32.8 Å². The predicted octanol–water partition coefficient (Wildman–Crippen LogP) is 3.09. The Hall–Kier alpha value is -2.49. The molecule has 1 atom stereocenters. The number of hydrogen-bond acceptors (Lipinski definition) is 3. The third kappa shape index (κ3) is 5.66. The first-order chi connectivity index (χ1) is 11.0. The molecule has 0 aliphatic rings. The van der Waals surface area contributed by atoms with E-state index >= 15 is 0 Å². The van der Waals surface area contributed by atoms with Gasteiger partial charge in [-0.15, -0.1) is 0 Å². The van der Waals surface area contributed by atoms with Crippen LogP contribution in [0.4, 0.5) is 5.69 Å². The minimum absolute atomic E-state index is 0.00736. The molecule has 1 unspecified atom stereocenters. The summed E-state index contributed by atoms with van der Waals surface area (Å²) >= 11 is 0. The number of aryl methyl sites for hydroxylation is 2. The van der Waals surface area contributed by atoms with Gasteiger partial charge in [0.05, 0.1) is 6.54 Å². The molecule has 3 N–H and O–H groups in total. The third-order valence-electron chi connectivity index (χ3n) is 3.59. The van der Waals surface area contributed by atoms with Gasteiger partial charge in [0.1, 0.15) is 11.9 Å². The number of hydrogen-bond donors (Lipinski definition) is 2. The zero-order valence-electron chi connectivity index (χ0n) is 13.7. The predicted molar refractivity (Wildman–Crippen MR) is 93.5 cm³/mol. The molecule has 23 heavy (non-hydrogen) atoms. The summed E-state index contributed by atoms with van der Waals surface area (Å²) in [6.07, 6.45) is 0.985. The van der Waals surface area contributed by atoms with Crippen LogP contribution in [0.25, 0.3) is 0 Å². The molecule has 2 rings (SSSR count). The van der Waals surface area contributed by atoms with Crippen LogP contribution in [0.3, 0.4) is 0 Å². The number of nitrogen functional groups attached to an aromatic ring is 1. The van der Waals surface area contributed by atoms with E-state index in [-0.39, 0.29) is 12.0 Å². The smallest absolute Gasteiger partial charge is 0.220 e. The number of nitrogens with two attached hydrogens (primary N) is 1. The van der Waals surface area contributed by atoms with Crippen LogP contribution in [-0.2, 0) is 11.2 Å². The van der Waals surface area contributed by atoms with E-state index in [0.29, 0.717) is 19.4 Å². The average Bonchev–Trinajstić information content (AvgIpc) is 2.52. The van der Waals surface area contributed by atoms with Crippen LogP contribution in [0, 0.1) is 6.92 Å². The molecule has 0 saturated carbocycles. The molecule has 4 heteroatoms. The molecule has 4 nitrogen and oxygen atoms in total. The van der Waals surface area contributed by atoms with Gasteiger partial charge >= 0.3 is 0 Å². The van der Waals surface area contributed by atoms with Crippen LogP contribution in [0.5, 0.6) is 5.75 Å². The van der Waals surface area contributed by atoms with Crippen molar-refractivity contribution in [2.75, 3.05) is 12.3 Å². The Labute approximate surface area is 137 Å². The van der Waals surface area contributed by atoms with Crippen LogP contribution in [0.15, 0.2) is 48.5 Å². The molecular formula is C19H24N2O2. The number of ether oxygens (including phenoxy) is 1.